The Morgan fingerprint density at radius 1 is 0.273 bits per heavy atom. The van der Waals surface area contributed by atoms with Gasteiger partial charge < -0.3 is 4.42 Å². The minimum Gasteiger partial charge on any atom is -0.455 e. The lowest BCUT2D eigenvalue weighted by Crippen LogP contribution is -2.00. The summed E-state index contributed by atoms with van der Waals surface area (Å²) in [6, 6.07) is 69.2. The smallest absolute Gasteiger partial charge is 0.164 e. The summed E-state index contributed by atoms with van der Waals surface area (Å²) in [6.45, 7) is 0. The molecule has 0 aliphatic rings. The highest BCUT2D eigenvalue weighted by atomic mass is 16.3. The lowest BCUT2D eigenvalue weighted by Gasteiger charge is -2.11. The fraction of sp³-hybridized carbons (Fsp3) is 0. The first-order valence-corrected chi connectivity index (χ1v) is 18.4. The van der Waals surface area contributed by atoms with Crippen molar-refractivity contribution in [3.63, 3.8) is 0 Å². The molecule has 258 valence electrons. The van der Waals surface area contributed by atoms with E-state index in [1.54, 1.807) is 0 Å². The molecule has 0 bridgehead atoms. The molecule has 10 aromatic rings. The van der Waals surface area contributed by atoms with Gasteiger partial charge in [0.05, 0.1) is 0 Å². The van der Waals surface area contributed by atoms with Crippen molar-refractivity contribution in [2.75, 3.05) is 0 Å². The van der Waals surface area contributed by atoms with Crippen LogP contribution in [0.4, 0.5) is 0 Å². The number of aromatic nitrogens is 3. The number of hydrogen-bond acceptors (Lipinski definition) is 4. The molecular formula is C51H33N3O. The zero-order valence-corrected chi connectivity index (χ0v) is 29.8. The van der Waals surface area contributed by atoms with Crippen LogP contribution in [0.2, 0.25) is 0 Å². The van der Waals surface area contributed by atoms with Gasteiger partial charge in [0.15, 0.2) is 17.5 Å². The van der Waals surface area contributed by atoms with E-state index >= 15 is 0 Å². The summed E-state index contributed by atoms with van der Waals surface area (Å²) in [5.74, 6) is 1.82. The van der Waals surface area contributed by atoms with Crippen LogP contribution in [0.5, 0.6) is 0 Å². The molecule has 0 amide bonds. The molecule has 2 heterocycles. The SMILES string of the molecule is c1ccc(-c2cccc(-c3cccc(-c4cccc5c4oc4c(-c6ccccc6)ccc(-c6nc(-c7ccccc7)nc(-c7ccccc7)n6)c45)c3)c2)cc1. The van der Waals surface area contributed by atoms with Gasteiger partial charge in [-0.3, -0.25) is 0 Å². The van der Waals surface area contributed by atoms with Crippen LogP contribution >= 0.6 is 0 Å². The standard InChI is InChI=1S/C51H33N3O/c1-5-16-34(17-6-1)38-24-13-25-39(32-38)40-26-14-27-41(33-40)42-28-15-29-44-46-45(31-30-43(48(46)55-47(42)44)35-18-7-2-8-19-35)51-53-49(36-20-9-3-10-21-36)52-50(54-51)37-22-11-4-12-23-37/h1-33H. The van der Waals surface area contributed by atoms with Gasteiger partial charge in [-0.15, -0.1) is 0 Å². The fourth-order valence-corrected chi connectivity index (χ4v) is 7.46. The highest BCUT2D eigenvalue weighted by molar-refractivity contribution is 6.18. The Balaban J connectivity index is 1.18. The second-order valence-electron chi connectivity index (χ2n) is 13.6. The van der Waals surface area contributed by atoms with E-state index in [9.17, 15) is 0 Å². The molecule has 0 saturated heterocycles. The lowest BCUT2D eigenvalue weighted by atomic mass is 9.94. The summed E-state index contributed by atoms with van der Waals surface area (Å²) in [7, 11) is 0. The van der Waals surface area contributed by atoms with Crippen molar-refractivity contribution >= 4 is 21.9 Å². The second kappa shape index (κ2) is 13.8. The van der Waals surface area contributed by atoms with Gasteiger partial charge in [0.1, 0.15) is 11.2 Å². The number of nitrogens with zero attached hydrogens (tertiary/aromatic N) is 3. The minimum atomic E-state index is 0.589. The van der Waals surface area contributed by atoms with E-state index < -0.39 is 0 Å². The fourth-order valence-electron chi connectivity index (χ4n) is 7.46. The maximum Gasteiger partial charge on any atom is 0.164 e. The van der Waals surface area contributed by atoms with Crippen molar-refractivity contribution < 1.29 is 4.42 Å². The third-order valence-electron chi connectivity index (χ3n) is 10.1. The summed E-state index contributed by atoms with van der Waals surface area (Å²) in [4.78, 5) is 15.2. The van der Waals surface area contributed by atoms with Gasteiger partial charge in [-0.2, -0.15) is 0 Å². The number of benzene rings is 8. The third-order valence-corrected chi connectivity index (χ3v) is 10.1. The van der Waals surface area contributed by atoms with Crippen LogP contribution in [0, 0.1) is 0 Å². The van der Waals surface area contributed by atoms with Crippen LogP contribution in [0.3, 0.4) is 0 Å². The van der Waals surface area contributed by atoms with Crippen LogP contribution in [-0.2, 0) is 0 Å². The first-order chi connectivity index (χ1) is 27.3. The van der Waals surface area contributed by atoms with Gasteiger partial charge in [0.2, 0.25) is 0 Å². The average Bonchev–Trinajstić information content (AvgIpc) is 3.67. The summed E-state index contributed by atoms with van der Waals surface area (Å²) in [5.41, 5.74) is 13.2. The second-order valence-corrected chi connectivity index (χ2v) is 13.6. The third kappa shape index (κ3) is 6.06. The lowest BCUT2D eigenvalue weighted by molar-refractivity contribution is 0.671. The van der Waals surface area contributed by atoms with Gasteiger partial charge in [-0.05, 0) is 57.6 Å². The van der Waals surface area contributed by atoms with Crippen molar-refractivity contribution in [2.45, 2.75) is 0 Å². The molecule has 0 saturated carbocycles. The molecule has 0 N–H and O–H groups in total. The zero-order valence-electron chi connectivity index (χ0n) is 29.8. The number of hydrogen-bond donors (Lipinski definition) is 0. The van der Waals surface area contributed by atoms with Gasteiger partial charge in [-0.1, -0.05) is 176 Å². The Labute approximate surface area is 319 Å². The van der Waals surface area contributed by atoms with Gasteiger partial charge >= 0.3 is 0 Å². The summed E-state index contributed by atoms with van der Waals surface area (Å²) >= 11 is 0. The van der Waals surface area contributed by atoms with E-state index in [4.69, 9.17) is 19.4 Å². The molecule has 2 aromatic heterocycles. The number of rotatable bonds is 7. The topological polar surface area (TPSA) is 51.8 Å². The summed E-state index contributed by atoms with van der Waals surface area (Å²) in [6.07, 6.45) is 0. The summed E-state index contributed by atoms with van der Waals surface area (Å²) < 4.78 is 7.07. The number of para-hydroxylation sites is 1. The molecular weight excluding hydrogens is 671 g/mol. The van der Waals surface area contributed by atoms with E-state index in [0.29, 0.717) is 17.5 Å². The van der Waals surface area contributed by atoms with E-state index in [1.807, 2.05) is 66.7 Å². The Hall–Kier alpha value is -7.43. The zero-order chi connectivity index (χ0) is 36.6. The molecule has 10 rings (SSSR count). The first-order valence-electron chi connectivity index (χ1n) is 18.4. The number of fused-ring (bicyclic) bond motifs is 3. The van der Waals surface area contributed by atoms with E-state index in [0.717, 1.165) is 72.0 Å². The van der Waals surface area contributed by atoms with E-state index in [2.05, 4.69) is 133 Å². The normalized spacial score (nSPS) is 11.3. The molecule has 4 nitrogen and oxygen atoms in total. The van der Waals surface area contributed by atoms with Crippen molar-refractivity contribution in [2.24, 2.45) is 0 Å². The molecule has 0 fully saturated rings. The molecule has 0 unspecified atom stereocenters. The molecule has 8 aromatic carbocycles. The van der Waals surface area contributed by atoms with Gasteiger partial charge in [0.25, 0.3) is 0 Å². The van der Waals surface area contributed by atoms with Crippen molar-refractivity contribution in [3.8, 4) is 78.7 Å². The van der Waals surface area contributed by atoms with Crippen molar-refractivity contribution in [1.82, 2.24) is 15.0 Å². The monoisotopic (exact) mass is 703 g/mol. The van der Waals surface area contributed by atoms with Gasteiger partial charge in [0, 0.05) is 38.6 Å². The largest absolute Gasteiger partial charge is 0.455 e. The molecule has 0 aliphatic heterocycles. The van der Waals surface area contributed by atoms with Crippen LogP contribution in [0.1, 0.15) is 0 Å². The summed E-state index contributed by atoms with van der Waals surface area (Å²) in [5, 5.41) is 1.97. The average molecular weight is 704 g/mol. The predicted octanol–water partition coefficient (Wildman–Crippen LogP) is 13.4. The van der Waals surface area contributed by atoms with Crippen LogP contribution in [0.15, 0.2) is 205 Å². The van der Waals surface area contributed by atoms with E-state index in [1.165, 1.54) is 11.1 Å². The molecule has 4 heteroatoms. The molecule has 0 spiro atoms. The van der Waals surface area contributed by atoms with Crippen LogP contribution < -0.4 is 0 Å². The van der Waals surface area contributed by atoms with Crippen LogP contribution in [0.25, 0.3) is 101 Å². The molecule has 0 radical (unpaired) electrons. The first kappa shape index (κ1) is 32.2. The van der Waals surface area contributed by atoms with Crippen molar-refractivity contribution in [3.05, 3.63) is 200 Å². The van der Waals surface area contributed by atoms with Gasteiger partial charge in [-0.25, -0.2) is 15.0 Å². The number of furan rings is 1. The Morgan fingerprint density at radius 3 is 1.29 bits per heavy atom. The Kier molecular flexibility index (Phi) is 8.12. The highest BCUT2D eigenvalue weighted by Gasteiger charge is 2.22. The maximum absolute atomic E-state index is 7.07. The quantitative estimate of drug-likeness (QED) is 0.166. The van der Waals surface area contributed by atoms with Crippen LogP contribution in [-0.4, -0.2) is 15.0 Å². The minimum absolute atomic E-state index is 0.589. The molecule has 0 atom stereocenters. The van der Waals surface area contributed by atoms with E-state index in [-0.39, 0.29) is 0 Å². The predicted molar refractivity (Wildman–Crippen MR) is 225 cm³/mol. The molecule has 0 aliphatic carbocycles. The molecule has 55 heavy (non-hydrogen) atoms. The maximum atomic E-state index is 7.07. The van der Waals surface area contributed by atoms with Crippen molar-refractivity contribution in [1.29, 1.82) is 0 Å². The highest BCUT2D eigenvalue weighted by Crippen LogP contribution is 2.44. The Bertz CT molecular complexity index is 2900. The Morgan fingerprint density at radius 2 is 0.691 bits per heavy atom.